The molecule has 5 rings (SSSR count). The number of nitrogens with one attached hydrogen (secondary N) is 3. The number of anilines is 3. The van der Waals surface area contributed by atoms with Gasteiger partial charge in [-0.3, -0.25) is 14.4 Å². The summed E-state index contributed by atoms with van der Waals surface area (Å²) in [4.78, 5) is 38.2. The Hall–Kier alpha value is -5.37. The predicted octanol–water partition coefficient (Wildman–Crippen LogP) is 5.21. The second kappa shape index (κ2) is 12.2. The van der Waals surface area contributed by atoms with Crippen LogP contribution in [0.15, 0.2) is 110 Å². The summed E-state index contributed by atoms with van der Waals surface area (Å²) in [7, 11) is 0. The van der Waals surface area contributed by atoms with Crippen LogP contribution in [-0.2, 0) is 13.1 Å². The van der Waals surface area contributed by atoms with Crippen molar-refractivity contribution in [1.29, 1.82) is 0 Å². The van der Waals surface area contributed by atoms with E-state index in [0.717, 1.165) is 24.0 Å². The lowest BCUT2D eigenvalue weighted by Crippen LogP contribution is -2.32. The van der Waals surface area contributed by atoms with E-state index in [1.807, 2.05) is 72.5 Å². The first-order chi connectivity index (χ1) is 19.9. The molecule has 3 aromatic carbocycles. The molecule has 3 N–H and O–H groups in total. The number of carbonyl (C=O) groups is 3. The summed E-state index contributed by atoms with van der Waals surface area (Å²) in [6.07, 6.45) is 5.83. The Bertz CT molecular complexity index is 1730. The highest BCUT2D eigenvalue weighted by atomic mass is 16.2. The fourth-order valence-electron chi connectivity index (χ4n) is 4.51. The van der Waals surface area contributed by atoms with Crippen molar-refractivity contribution in [1.82, 2.24) is 0 Å². The molecule has 2 aromatic heterocycles. The summed E-state index contributed by atoms with van der Waals surface area (Å²) < 4.78 is 4.11. The third-order valence-electron chi connectivity index (χ3n) is 6.77. The Morgan fingerprint density at radius 2 is 1.12 bits per heavy atom. The van der Waals surface area contributed by atoms with Crippen LogP contribution in [-0.4, -0.2) is 17.7 Å². The van der Waals surface area contributed by atoms with E-state index in [4.69, 9.17) is 0 Å². The molecule has 8 nitrogen and oxygen atoms in total. The van der Waals surface area contributed by atoms with Crippen LogP contribution >= 0.6 is 0 Å². The van der Waals surface area contributed by atoms with Crippen LogP contribution in [0, 0.1) is 0 Å². The normalized spacial score (nSPS) is 10.7. The van der Waals surface area contributed by atoms with Crippen LogP contribution in [0.2, 0.25) is 0 Å². The number of fused-ring (bicyclic) bond motifs is 1. The van der Waals surface area contributed by atoms with Crippen LogP contribution in [0.4, 0.5) is 17.1 Å². The van der Waals surface area contributed by atoms with Gasteiger partial charge in [-0.25, -0.2) is 4.57 Å². The van der Waals surface area contributed by atoms with Gasteiger partial charge in [0.05, 0.1) is 0 Å². The molecule has 0 spiro atoms. The molecular formula is C33H31N5O3+2. The topological polar surface area (TPSA) is 95.1 Å². The van der Waals surface area contributed by atoms with Gasteiger partial charge in [0.1, 0.15) is 18.8 Å². The van der Waals surface area contributed by atoms with E-state index in [1.165, 1.54) is 0 Å². The summed E-state index contributed by atoms with van der Waals surface area (Å²) in [6, 6.07) is 26.7. The molecule has 8 heteroatoms. The molecule has 204 valence electrons. The highest BCUT2D eigenvalue weighted by molar-refractivity contribution is 6.08. The lowest BCUT2D eigenvalue weighted by atomic mass is 10.1. The summed E-state index contributed by atoms with van der Waals surface area (Å²) in [6.45, 7) is 5.78. The van der Waals surface area contributed by atoms with Crippen LogP contribution in [0.3, 0.4) is 0 Å². The van der Waals surface area contributed by atoms with Crippen molar-refractivity contribution in [2.75, 3.05) is 16.0 Å². The summed E-state index contributed by atoms with van der Waals surface area (Å²) in [5.41, 5.74) is 4.37. The zero-order chi connectivity index (χ0) is 28.8. The quantitative estimate of drug-likeness (QED) is 0.234. The van der Waals surface area contributed by atoms with Gasteiger partial charge in [-0.1, -0.05) is 0 Å². The average Bonchev–Trinajstić information content (AvgIpc) is 3.01. The Labute approximate surface area is 238 Å². The standard InChI is InChI=1S/C33H29N5O3/c1-3-37-19-6-8-29(22-37)36-33(41)25-13-15-27(16-14-25)34-31(39)23-9-11-24(12-10-23)32(40)35-28-17-18-30-26(21-28)7-5-20-38(30)4-2/h5-22H,3-4H2,1-2H3,(H-2,34,35,36,39,40,41)/p+2. The van der Waals surface area contributed by atoms with Crippen LogP contribution in [0.5, 0.6) is 0 Å². The minimum atomic E-state index is -0.318. The molecule has 0 fully saturated rings. The second-order valence-electron chi connectivity index (χ2n) is 9.51. The van der Waals surface area contributed by atoms with E-state index in [1.54, 1.807) is 48.5 Å². The maximum Gasteiger partial charge on any atom is 0.255 e. The zero-order valence-electron chi connectivity index (χ0n) is 22.9. The highest BCUT2D eigenvalue weighted by Gasteiger charge is 2.13. The number of amides is 3. The first-order valence-corrected chi connectivity index (χ1v) is 13.5. The van der Waals surface area contributed by atoms with Gasteiger partial charge in [0.15, 0.2) is 18.6 Å². The molecule has 0 aliphatic rings. The average molecular weight is 546 g/mol. The number of benzene rings is 3. The summed E-state index contributed by atoms with van der Waals surface area (Å²) in [5.74, 6) is -0.815. The minimum Gasteiger partial charge on any atom is -0.322 e. The molecule has 0 saturated carbocycles. The van der Waals surface area contributed by atoms with Gasteiger partial charge in [-0.2, -0.15) is 4.57 Å². The molecule has 2 heterocycles. The van der Waals surface area contributed by atoms with E-state index in [-0.39, 0.29) is 17.7 Å². The van der Waals surface area contributed by atoms with Gasteiger partial charge in [-0.15, -0.1) is 0 Å². The Kier molecular flexibility index (Phi) is 8.10. The molecule has 41 heavy (non-hydrogen) atoms. The van der Waals surface area contributed by atoms with Crippen molar-refractivity contribution in [3.8, 4) is 0 Å². The van der Waals surface area contributed by atoms with Gasteiger partial charge < -0.3 is 16.0 Å². The third-order valence-corrected chi connectivity index (χ3v) is 6.77. The van der Waals surface area contributed by atoms with Crippen LogP contribution in [0.25, 0.3) is 10.9 Å². The van der Waals surface area contributed by atoms with Crippen LogP contribution < -0.4 is 25.1 Å². The molecule has 0 aliphatic heterocycles. The van der Waals surface area contributed by atoms with Gasteiger partial charge in [0.25, 0.3) is 17.7 Å². The molecule has 5 aromatic rings. The molecule has 0 bridgehead atoms. The lowest BCUT2D eigenvalue weighted by molar-refractivity contribution is -0.692. The number of hydrogen-bond acceptors (Lipinski definition) is 3. The first-order valence-electron chi connectivity index (χ1n) is 13.5. The third kappa shape index (κ3) is 6.45. The Morgan fingerprint density at radius 1 is 0.585 bits per heavy atom. The summed E-state index contributed by atoms with van der Waals surface area (Å²) >= 11 is 0. The number of aryl methyl sites for hydroxylation is 2. The molecule has 3 amide bonds. The molecule has 0 atom stereocenters. The van der Waals surface area contributed by atoms with Crippen molar-refractivity contribution >= 4 is 45.7 Å². The highest BCUT2D eigenvalue weighted by Crippen LogP contribution is 2.18. The summed E-state index contributed by atoms with van der Waals surface area (Å²) in [5, 5.41) is 9.67. The Morgan fingerprint density at radius 3 is 1.73 bits per heavy atom. The van der Waals surface area contributed by atoms with Gasteiger partial charge in [-0.05, 0) is 86.6 Å². The molecule has 0 unspecified atom stereocenters. The largest absolute Gasteiger partial charge is 0.322 e. The van der Waals surface area contributed by atoms with Crippen molar-refractivity contribution in [3.63, 3.8) is 0 Å². The van der Waals surface area contributed by atoms with E-state index < -0.39 is 0 Å². The number of pyridine rings is 2. The number of rotatable bonds is 8. The number of hydrogen-bond donors (Lipinski definition) is 3. The molecule has 0 saturated heterocycles. The van der Waals surface area contributed by atoms with E-state index in [2.05, 4.69) is 27.4 Å². The van der Waals surface area contributed by atoms with Crippen molar-refractivity contribution in [2.45, 2.75) is 26.9 Å². The second-order valence-corrected chi connectivity index (χ2v) is 9.51. The van der Waals surface area contributed by atoms with Crippen molar-refractivity contribution < 1.29 is 23.5 Å². The fraction of sp³-hybridized carbons (Fsp3) is 0.121. The van der Waals surface area contributed by atoms with E-state index in [9.17, 15) is 14.4 Å². The zero-order valence-corrected chi connectivity index (χ0v) is 22.9. The monoisotopic (exact) mass is 545 g/mol. The minimum absolute atomic E-state index is 0.237. The molecular weight excluding hydrogens is 514 g/mol. The van der Waals surface area contributed by atoms with E-state index in [0.29, 0.717) is 33.8 Å². The van der Waals surface area contributed by atoms with Crippen molar-refractivity contribution in [3.05, 3.63) is 126 Å². The fourth-order valence-corrected chi connectivity index (χ4v) is 4.51. The predicted molar refractivity (Wildman–Crippen MR) is 159 cm³/mol. The number of carbonyl (C=O) groups excluding carboxylic acids is 3. The maximum atomic E-state index is 12.8. The SMILES string of the molecule is CC[n+]1cccc(NC(=O)c2ccc(NC(=O)c3ccc(C(=O)Nc4ccc5c(ccc[n+]5CC)c4)cc3)cc2)c1. The van der Waals surface area contributed by atoms with Crippen LogP contribution in [0.1, 0.15) is 44.9 Å². The lowest BCUT2D eigenvalue weighted by Gasteiger charge is -2.09. The first kappa shape index (κ1) is 27.2. The van der Waals surface area contributed by atoms with Gasteiger partial charge in [0.2, 0.25) is 5.52 Å². The number of nitrogens with zero attached hydrogens (tertiary/aromatic N) is 2. The Balaban J connectivity index is 1.18. The number of aromatic nitrogens is 2. The maximum absolute atomic E-state index is 12.8. The molecule has 0 aliphatic carbocycles. The van der Waals surface area contributed by atoms with Gasteiger partial charge in [0, 0.05) is 51.7 Å². The smallest absolute Gasteiger partial charge is 0.255 e. The molecule has 0 radical (unpaired) electrons. The van der Waals surface area contributed by atoms with Crippen molar-refractivity contribution in [2.24, 2.45) is 0 Å². The van der Waals surface area contributed by atoms with E-state index >= 15 is 0 Å². The van der Waals surface area contributed by atoms with Gasteiger partial charge >= 0.3 is 0 Å².